The predicted molar refractivity (Wildman–Crippen MR) is 106 cm³/mol. The van der Waals surface area contributed by atoms with Gasteiger partial charge in [0.2, 0.25) is 11.9 Å². The summed E-state index contributed by atoms with van der Waals surface area (Å²) in [7, 11) is 1.65. The predicted octanol–water partition coefficient (Wildman–Crippen LogP) is 1.99. The van der Waals surface area contributed by atoms with E-state index in [0.29, 0.717) is 29.9 Å². The van der Waals surface area contributed by atoms with Gasteiger partial charge in [0.05, 0.1) is 25.9 Å². The van der Waals surface area contributed by atoms with Gasteiger partial charge in [-0.2, -0.15) is 0 Å². The van der Waals surface area contributed by atoms with Crippen LogP contribution < -0.4 is 0 Å². The van der Waals surface area contributed by atoms with E-state index in [1.807, 2.05) is 35.2 Å². The molecule has 1 aromatic heterocycles. The Morgan fingerprint density at radius 2 is 2.07 bits per heavy atom. The van der Waals surface area contributed by atoms with Crippen molar-refractivity contribution in [2.45, 2.75) is 19.1 Å². The third-order valence-corrected chi connectivity index (χ3v) is 5.86. The molecule has 148 valence electrons. The first-order valence-electron chi connectivity index (χ1n) is 9.36. The van der Waals surface area contributed by atoms with Crippen LogP contribution in [0.4, 0.5) is 4.79 Å². The van der Waals surface area contributed by atoms with Gasteiger partial charge in [0.15, 0.2) is 0 Å². The Bertz CT molecular complexity index is 1060. The molecule has 9 heteroatoms. The Labute approximate surface area is 172 Å². The van der Waals surface area contributed by atoms with Crippen molar-refractivity contribution in [2.24, 2.45) is 4.99 Å². The second kappa shape index (κ2) is 6.73. The average Bonchev–Trinajstić information content (AvgIpc) is 3.43. The van der Waals surface area contributed by atoms with Gasteiger partial charge in [0.25, 0.3) is 5.91 Å². The summed E-state index contributed by atoms with van der Waals surface area (Å²) in [6, 6.07) is 9.98. The van der Waals surface area contributed by atoms with Gasteiger partial charge >= 0.3 is 12.0 Å². The number of benzene rings is 1. The quantitative estimate of drug-likeness (QED) is 0.720. The number of furan rings is 1. The Morgan fingerprint density at radius 1 is 1.24 bits per heavy atom. The van der Waals surface area contributed by atoms with Gasteiger partial charge < -0.3 is 4.42 Å². The smallest absolute Gasteiger partial charge is 0.393 e. The number of fused-ring (bicyclic) bond motifs is 3. The fraction of sp³-hybridized carbons (Fsp3) is 0.300. The van der Waals surface area contributed by atoms with E-state index in [2.05, 4.69) is 9.57 Å². The van der Waals surface area contributed by atoms with Gasteiger partial charge in [0, 0.05) is 12.1 Å². The monoisotopic (exact) mass is 412 g/mol. The zero-order chi connectivity index (χ0) is 20.1. The number of rotatable bonds is 4. The molecule has 1 aromatic carbocycles. The molecule has 1 fully saturated rings. The minimum absolute atomic E-state index is 0.130. The van der Waals surface area contributed by atoms with Gasteiger partial charge in [-0.05, 0) is 23.8 Å². The van der Waals surface area contributed by atoms with E-state index in [1.165, 1.54) is 9.80 Å². The molecule has 1 atom stereocenters. The van der Waals surface area contributed by atoms with E-state index in [9.17, 15) is 9.59 Å². The molecule has 0 spiro atoms. The maximum absolute atomic E-state index is 13.3. The normalized spacial score (nSPS) is 21.1. The highest BCUT2D eigenvalue weighted by atomic mass is 35.5. The summed E-state index contributed by atoms with van der Waals surface area (Å²) < 4.78 is 7.51. The number of amidine groups is 1. The molecule has 5 rings (SSSR count). The number of likely N-dealkylation sites (N-methyl/N-ethyl adjacent to an activating group) is 1. The first-order valence-corrected chi connectivity index (χ1v) is 9.74. The van der Waals surface area contributed by atoms with Crippen molar-refractivity contribution < 1.29 is 18.6 Å². The molecule has 0 radical (unpaired) electrons. The third kappa shape index (κ3) is 2.82. The summed E-state index contributed by atoms with van der Waals surface area (Å²) in [5, 5.41) is 0.527. The number of halogens is 1. The lowest BCUT2D eigenvalue weighted by Gasteiger charge is -2.34. The summed E-state index contributed by atoms with van der Waals surface area (Å²) in [4.78, 5) is 35.5. The Kier molecular flexibility index (Phi) is 4.16. The zero-order valence-electron chi connectivity index (χ0n) is 15.8. The van der Waals surface area contributed by atoms with Crippen molar-refractivity contribution >= 4 is 35.3 Å². The summed E-state index contributed by atoms with van der Waals surface area (Å²) in [5.41, 5.74) is 0.729. The number of urea groups is 1. The molecule has 3 aliphatic rings. The molecule has 0 bridgehead atoms. The van der Waals surface area contributed by atoms with Crippen LogP contribution in [-0.4, -0.2) is 69.2 Å². The van der Waals surface area contributed by atoms with Crippen LogP contribution >= 0.6 is 11.6 Å². The van der Waals surface area contributed by atoms with Gasteiger partial charge in [-0.25, -0.2) is 9.69 Å². The third-order valence-electron chi connectivity index (χ3n) is 5.50. The first kappa shape index (κ1) is 17.9. The Balaban J connectivity index is 1.46. The molecule has 1 saturated heterocycles. The molecular weight excluding hydrogens is 394 g/mol. The Morgan fingerprint density at radius 3 is 2.83 bits per heavy atom. The van der Waals surface area contributed by atoms with Crippen LogP contribution in [0.25, 0.3) is 0 Å². The number of carbonyl (C=O) groups excluding carboxylic acids is 2. The summed E-state index contributed by atoms with van der Waals surface area (Å²) >= 11 is 6.25. The maximum atomic E-state index is 13.3. The highest BCUT2D eigenvalue weighted by Gasteiger charge is 2.57. The van der Waals surface area contributed by atoms with E-state index in [0.717, 1.165) is 17.9 Å². The van der Waals surface area contributed by atoms with E-state index >= 15 is 0 Å². The summed E-state index contributed by atoms with van der Waals surface area (Å²) in [6.07, 6.45) is 1.64. The molecule has 3 amide bonds. The number of guanidine groups is 1. The van der Waals surface area contributed by atoms with Gasteiger partial charge in [-0.15, -0.1) is 0 Å². The molecule has 0 N–H and O–H groups in total. The molecule has 8 nitrogen and oxygen atoms in total. The topological polar surface area (TPSA) is 72.4 Å². The molecule has 1 unspecified atom stereocenters. The highest BCUT2D eigenvalue weighted by molar-refractivity contribution is 6.31. The lowest BCUT2D eigenvalue weighted by atomic mass is 10.1. The lowest BCUT2D eigenvalue weighted by molar-refractivity contribution is -0.537. The summed E-state index contributed by atoms with van der Waals surface area (Å²) in [6.45, 7) is 2.09. The second-order valence-electron chi connectivity index (χ2n) is 7.22. The number of carbonyl (C=O) groups is 2. The molecule has 2 aromatic rings. The number of imide groups is 1. The van der Waals surface area contributed by atoms with Crippen LogP contribution in [0.2, 0.25) is 5.02 Å². The maximum Gasteiger partial charge on any atom is 0.393 e. The number of hydrogen-bond acceptors (Lipinski definition) is 5. The van der Waals surface area contributed by atoms with E-state index in [-0.39, 0.29) is 12.5 Å². The lowest BCUT2D eigenvalue weighted by Crippen LogP contribution is -2.63. The van der Waals surface area contributed by atoms with Gasteiger partial charge in [-0.3, -0.25) is 19.2 Å². The molecule has 0 aliphatic carbocycles. The van der Waals surface area contributed by atoms with Crippen molar-refractivity contribution in [3.8, 4) is 0 Å². The largest absolute Gasteiger partial charge is 0.466 e. The molecule has 0 saturated carbocycles. The SMILES string of the molecule is CN1C(=O)N(Cc2ccccc2Cl)C(=O)C2C1=NC1=[N+](Cc3ccco3)CCN12. The first-order chi connectivity index (χ1) is 14.0. The van der Waals surface area contributed by atoms with Crippen molar-refractivity contribution in [1.82, 2.24) is 14.7 Å². The number of aliphatic imine (C=N–C) groups is 1. The Hall–Kier alpha value is -3.13. The number of nitrogens with zero attached hydrogens (tertiary/aromatic N) is 5. The minimum atomic E-state index is -0.600. The molecular formula is C20H19ClN5O3+. The van der Waals surface area contributed by atoms with Crippen LogP contribution in [0.15, 0.2) is 52.1 Å². The van der Waals surface area contributed by atoms with Crippen molar-refractivity contribution in [3.05, 3.63) is 59.0 Å². The zero-order valence-corrected chi connectivity index (χ0v) is 16.5. The minimum Gasteiger partial charge on any atom is -0.466 e. The average molecular weight is 413 g/mol. The van der Waals surface area contributed by atoms with Crippen molar-refractivity contribution in [2.75, 3.05) is 20.1 Å². The fourth-order valence-corrected chi connectivity index (χ4v) is 4.19. The fourth-order valence-electron chi connectivity index (χ4n) is 4.00. The van der Waals surface area contributed by atoms with Crippen LogP contribution in [0.3, 0.4) is 0 Å². The van der Waals surface area contributed by atoms with Crippen molar-refractivity contribution in [3.63, 3.8) is 0 Å². The number of amides is 3. The second-order valence-corrected chi connectivity index (χ2v) is 7.63. The van der Waals surface area contributed by atoms with Crippen LogP contribution in [-0.2, 0) is 17.9 Å². The molecule has 29 heavy (non-hydrogen) atoms. The molecule has 3 aliphatic heterocycles. The molecule has 4 heterocycles. The standard InChI is InChI=1S/C20H19ClN5O3/c1-23-17-16(18(27)26(20(23)28)11-13-5-2-3-7-15(13)21)25-9-8-24(19(25)22-17)12-14-6-4-10-29-14/h2-7,10,16H,8-9,11-12H2,1H3/q+1. The van der Waals surface area contributed by atoms with E-state index in [1.54, 1.807) is 19.4 Å². The van der Waals surface area contributed by atoms with Crippen molar-refractivity contribution in [1.29, 1.82) is 0 Å². The van der Waals surface area contributed by atoms with Gasteiger partial charge in [-0.1, -0.05) is 34.8 Å². The van der Waals surface area contributed by atoms with E-state index in [4.69, 9.17) is 16.0 Å². The van der Waals surface area contributed by atoms with Crippen LogP contribution in [0, 0.1) is 0 Å². The van der Waals surface area contributed by atoms with Crippen LogP contribution in [0.5, 0.6) is 0 Å². The van der Waals surface area contributed by atoms with Crippen LogP contribution in [0.1, 0.15) is 11.3 Å². The van der Waals surface area contributed by atoms with E-state index < -0.39 is 12.1 Å². The number of hydrogen-bond donors (Lipinski definition) is 0. The summed E-state index contributed by atoms with van der Waals surface area (Å²) in [5.74, 6) is 1.72. The van der Waals surface area contributed by atoms with Gasteiger partial charge in [0.1, 0.15) is 12.3 Å². The highest BCUT2D eigenvalue weighted by Crippen LogP contribution is 2.28.